The van der Waals surface area contributed by atoms with Gasteiger partial charge in [0, 0.05) is 0 Å². The van der Waals surface area contributed by atoms with Crippen molar-refractivity contribution in [1.29, 1.82) is 0 Å². The van der Waals surface area contributed by atoms with Crippen molar-refractivity contribution in [3.63, 3.8) is 0 Å². The van der Waals surface area contributed by atoms with Crippen LogP contribution >= 0.6 is 0 Å². The molecule has 0 saturated heterocycles. The first-order valence-electron chi connectivity index (χ1n) is 12.4. The maximum absolute atomic E-state index is 14.8. The maximum atomic E-state index is 14.8. The zero-order valence-electron chi connectivity index (χ0n) is 22.0. The number of nitrogens with zero attached hydrogens (tertiary/aromatic N) is 1. The molecule has 195 valence electrons. The van der Waals surface area contributed by atoms with Gasteiger partial charge in [-0.2, -0.15) is 5.57 Å². The van der Waals surface area contributed by atoms with Gasteiger partial charge in [0.15, 0.2) is 0 Å². The van der Waals surface area contributed by atoms with Crippen LogP contribution in [0.1, 0.15) is 73.0 Å². The number of aromatic nitrogens is 1. The first-order chi connectivity index (χ1) is 18.0. The molecule has 2 aromatic rings. The van der Waals surface area contributed by atoms with Crippen LogP contribution in [0.2, 0.25) is 0 Å². The van der Waals surface area contributed by atoms with Crippen LogP contribution in [0.15, 0.2) is 18.2 Å². The molecule has 11 radical (unpaired) electrons. The summed E-state index contributed by atoms with van der Waals surface area (Å²) in [4.78, 5) is 28.4. The third-order valence-electron chi connectivity index (χ3n) is 5.15. The van der Waals surface area contributed by atoms with E-state index >= 15 is 0 Å². The van der Waals surface area contributed by atoms with Crippen molar-refractivity contribution in [2.75, 3.05) is 6.61 Å². The number of ether oxygens (including phenoxy) is 1. The third kappa shape index (κ3) is 10.4. The van der Waals surface area contributed by atoms with Gasteiger partial charge >= 0.3 is 38.1 Å². The fourth-order valence-corrected chi connectivity index (χ4v) is 3.57. The summed E-state index contributed by atoms with van der Waals surface area (Å²) in [5.74, 6) is -2.76. The second kappa shape index (κ2) is 19.2. The Morgan fingerprint density at radius 1 is 0.895 bits per heavy atom. The molecular weight excluding hydrogens is 561 g/mol. The minimum absolute atomic E-state index is 0. The van der Waals surface area contributed by atoms with Crippen LogP contribution in [-0.2, 0) is 30.9 Å². The number of fused-ring (bicyclic) bond motifs is 1. The average molecular weight is 594 g/mol. The third-order valence-corrected chi connectivity index (χ3v) is 5.15. The number of carboxylic acid groups (broad SMARTS) is 1. The summed E-state index contributed by atoms with van der Waals surface area (Å²) in [5.41, 5.74) is 0.221. The average Bonchev–Trinajstić information content (AvgIpc) is 3.65. The van der Waals surface area contributed by atoms with Crippen LogP contribution in [0, 0.1) is 76.1 Å². The van der Waals surface area contributed by atoms with Gasteiger partial charge in [0.1, 0.15) is 11.5 Å². The topological polar surface area (TPSA) is 76.5 Å². The minimum atomic E-state index is -1.36. The van der Waals surface area contributed by atoms with Gasteiger partial charge in [-0.15, -0.1) is 6.42 Å². The zero-order valence-corrected chi connectivity index (χ0v) is 24.5. The normalized spacial score (nSPS) is 14.6. The van der Waals surface area contributed by atoms with Crippen LogP contribution < -0.4 is 0 Å². The van der Waals surface area contributed by atoms with Gasteiger partial charge in [0.05, 0.1) is 12.2 Å². The van der Waals surface area contributed by atoms with Gasteiger partial charge in [-0.3, -0.25) is 6.08 Å². The van der Waals surface area contributed by atoms with E-state index in [1.165, 1.54) is 18.2 Å². The Balaban J connectivity index is 0.000000541. The van der Waals surface area contributed by atoms with Crippen LogP contribution in [-0.4, -0.2) is 28.6 Å². The van der Waals surface area contributed by atoms with E-state index in [0.29, 0.717) is 18.4 Å². The number of hydrogen-bond donors (Lipinski definition) is 1. The fourth-order valence-electron chi connectivity index (χ4n) is 3.57. The van der Waals surface area contributed by atoms with E-state index in [-0.39, 0.29) is 54.8 Å². The molecule has 0 unspecified atom stereocenters. The SMILES string of the molecule is CCC[C-]=C(CCC)c1nc(C(=O)O)c(C(=O)OCC)c2cccc(F)c12.[CH]1[CH][CH][CH][CH]1.[CH]1[CH][CH][CH][CH]1.[Zr+3]. The van der Waals surface area contributed by atoms with Gasteiger partial charge in [-0.25, -0.2) is 14.0 Å². The standard InChI is InChI=1S/C21H23FNO4.2C5H5.Zr/c1-4-7-10-13(9-5-2)18-16-14(11-8-12-15(16)22)17(21(26)27-6-3)19(23-18)20(24)25;2*1-2-4-5-3-1;/h8,11-12H,4-7,9H2,1-3H3,(H,24,25);2*1-5H;/q-1;;;+3. The second-order valence-corrected chi connectivity index (χ2v) is 7.95. The molecule has 4 rings (SSSR count). The van der Waals surface area contributed by atoms with E-state index in [4.69, 9.17) is 4.74 Å². The van der Waals surface area contributed by atoms with Gasteiger partial charge in [-0.1, -0.05) is 50.9 Å². The monoisotopic (exact) mass is 592 g/mol. The Hall–Kier alpha value is -1.88. The molecule has 0 spiro atoms. The Labute approximate surface area is 246 Å². The van der Waals surface area contributed by atoms with Crippen molar-refractivity contribution in [3.05, 3.63) is 111 Å². The molecule has 1 aromatic heterocycles. The quantitative estimate of drug-likeness (QED) is 0.262. The van der Waals surface area contributed by atoms with Crippen molar-refractivity contribution < 1.29 is 50.0 Å². The number of benzene rings is 1. The van der Waals surface area contributed by atoms with Crippen LogP contribution in [0.25, 0.3) is 16.3 Å². The molecule has 0 bridgehead atoms. The Morgan fingerprint density at radius 3 is 1.89 bits per heavy atom. The summed E-state index contributed by atoms with van der Waals surface area (Å²) in [6.07, 6.45) is 26.1. The van der Waals surface area contributed by atoms with E-state index in [9.17, 15) is 19.1 Å². The summed E-state index contributed by atoms with van der Waals surface area (Å²) in [7, 11) is 0. The first kappa shape index (κ1) is 34.2. The number of unbranched alkanes of at least 4 members (excludes halogenated alkanes) is 1. The predicted octanol–water partition coefficient (Wildman–Crippen LogP) is 7.08. The number of esters is 1. The summed E-state index contributed by atoms with van der Waals surface area (Å²) in [6, 6.07) is 4.23. The Morgan fingerprint density at radius 2 is 1.45 bits per heavy atom. The van der Waals surface area contributed by atoms with E-state index < -0.39 is 23.4 Å². The summed E-state index contributed by atoms with van der Waals surface area (Å²) >= 11 is 0. The molecule has 1 N–H and O–H groups in total. The van der Waals surface area contributed by atoms with Crippen molar-refractivity contribution in [2.24, 2.45) is 0 Å². The number of carboxylic acids is 1. The van der Waals surface area contributed by atoms with E-state index in [1.54, 1.807) is 6.92 Å². The number of hydrogen-bond acceptors (Lipinski definition) is 4. The van der Waals surface area contributed by atoms with Gasteiger partial charge in [0.2, 0.25) is 0 Å². The number of allylic oxidation sites excluding steroid dienone is 2. The minimum Gasteiger partial charge on any atom is -0.477 e. The smallest absolute Gasteiger partial charge is 0.477 e. The number of aromatic carboxylic acids is 1. The van der Waals surface area contributed by atoms with E-state index in [2.05, 4.69) is 11.1 Å². The number of pyridine rings is 1. The van der Waals surface area contributed by atoms with Crippen molar-refractivity contribution in [1.82, 2.24) is 4.98 Å². The number of carbonyl (C=O) groups excluding carboxylic acids is 1. The molecule has 2 aliphatic carbocycles. The van der Waals surface area contributed by atoms with Crippen molar-refractivity contribution in [3.8, 4) is 0 Å². The van der Waals surface area contributed by atoms with Crippen LogP contribution in [0.5, 0.6) is 0 Å². The molecule has 0 atom stereocenters. The van der Waals surface area contributed by atoms with Crippen LogP contribution in [0.3, 0.4) is 0 Å². The predicted molar refractivity (Wildman–Crippen MR) is 144 cm³/mol. The van der Waals surface area contributed by atoms with Crippen molar-refractivity contribution in [2.45, 2.75) is 46.5 Å². The first-order valence-corrected chi connectivity index (χ1v) is 12.4. The van der Waals surface area contributed by atoms with E-state index in [1.807, 2.05) is 78.1 Å². The molecule has 0 aliphatic heterocycles. The fraction of sp³-hybridized carbons (Fsp3) is 0.258. The molecule has 2 aliphatic rings. The molecular formula is C31H33FNO4Zr+2. The molecule has 2 saturated carbocycles. The molecule has 5 nitrogen and oxygen atoms in total. The Kier molecular flexibility index (Phi) is 17.3. The maximum Gasteiger partial charge on any atom is 3.00 e. The van der Waals surface area contributed by atoms with Crippen LogP contribution in [0.4, 0.5) is 4.39 Å². The number of halogens is 1. The molecule has 38 heavy (non-hydrogen) atoms. The number of carbonyl (C=O) groups is 2. The molecule has 7 heteroatoms. The number of rotatable bonds is 8. The van der Waals surface area contributed by atoms with Gasteiger partial charge in [-0.05, 0) is 88.0 Å². The van der Waals surface area contributed by atoms with Gasteiger partial charge < -0.3 is 14.8 Å². The molecule has 2 fully saturated rings. The Bertz CT molecular complexity index is 1020. The zero-order chi connectivity index (χ0) is 27.0. The molecule has 1 heterocycles. The van der Waals surface area contributed by atoms with Gasteiger partial charge in [0.25, 0.3) is 0 Å². The largest absolute Gasteiger partial charge is 3.00 e. The molecule has 0 amide bonds. The van der Waals surface area contributed by atoms with Crippen molar-refractivity contribution >= 4 is 28.3 Å². The second-order valence-electron chi connectivity index (χ2n) is 7.95. The summed E-state index contributed by atoms with van der Waals surface area (Å²) in [5, 5.41) is 9.94. The van der Waals surface area contributed by atoms with E-state index in [0.717, 1.165) is 12.8 Å². The summed E-state index contributed by atoms with van der Waals surface area (Å²) < 4.78 is 19.7. The summed E-state index contributed by atoms with van der Waals surface area (Å²) in [6.45, 7) is 5.65. The molecule has 1 aromatic carbocycles.